The quantitative estimate of drug-likeness (QED) is 0.494. The standard InChI is InChI=1S/C25H24ClN5O2/c26-22-8-17(6-7-18(22)15-32)11-27-23-21(24(33)28-10-16-4-2-1-3-5-16)12-29-25(30-23)31-13-19-9-20(19)14-31/h1-8,12,15,19-20H,9-11,13-14H2,(H,28,33)(H,27,29,30). The zero-order chi connectivity index (χ0) is 22.8. The van der Waals surface area contributed by atoms with Gasteiger partial charge in [-0.05, 0) is 41.5 Å². The summed E-state index contributed by atoms with van der Waals surface area (Å²) in [6.45, 7) is 2.75. The molecule has 1 aliphatic heterocycles. The maximum atomic E-state index is 13.0. The van der Waals surface area contributed by atoms with Crippen LogP contribution in [0.5, 0.6) is 0 Å². The van der Waals surface area contributed by atoms with Crippen LogP contribution in [-0.2, 0) is 13.1 Å². The van der Waals surface area contributed by atoms with E-state index in [4.69, 9.17) is 16.6 Å². The van der Waals surface area contributed by atoms with E-state index in [1.54, 1.807) is 18.3 Å². The Kier molecular flexibility index (Phi) is 5.96. The number of piperidine rings is 1. The Hall–Kier alpha value is -3.45. The molecule has 2 fully saturated rings. The predicted octanol–water partition coefficient (Wildman–Crippen LogP) is 3.94. The van der Waals surface area contributed by atoms with Crippen LogP contribution in [0.4, 0.5) is 11.8 Å². The molecule has 2 N–H and O–H groups in total. The molecular formula is C25H24ClN5O2. The highest BCUT2D eigenvalue weighted by Gasteiger charge is 2.45. The molecule has 1 aromatic heterocycles. The summed E-state index contributed by atoms with van der Waals surface area (Å²) in [6.07, 6.45) is 3.61. The molecular weight excluding hydrogens is 438 g/mol. The maximum absolute atomic E-state index is 13.0. The second kappa shape index (κ2) is 9.19. The summed E-state index contributed by atoms with van der Waals surface area (Å²) in [5.74, 6) is 2.36. The van der Waals surface area contributed by atoms with Gasteiger partial charge in [0, 0.05) is 37.9 Å². The van der Waals surface area contributed by atoms with E-state index in [1.165, 1.54) is 6.42 Å². The van der Waals surface area contributed by atoms with Gasteiger partial charge in [-0.3, -0.25) is 9.59 Å². The molecule has 2 aliphatic rings. The molecule has 2 unspecified atom stereocenters. The fourth-order valence-corrected chi connectivity index (χ4v) is 4.47. The van der Waals surface area contributed by atoms with E-state index in [0.29, 0.717) is 41.0 Å². The summed E-state index contributed by atoms with van der Waals surface area (Å²) in [6, 6.07) is 15.0. The summed E-state index contributed by atoms with van der Waals surface area (Å²) in [5.41, 5.74) is 2.72. The molecule has 2 atom stereocenters. The first-order valence-corrected chi connectivity index (χ1v) is 11.4. The Morgan fingerprint density at radius 1 is 1.09 bits per heavy atom. The highest BCUT2D eigenvalue weighted by atomic mass is 35.5. The average molecular weight is 462 g/mol. The van der Waals surface area contributed by atoms with Crippen molar-refractivity contribution in [3.63, 3.8) is 0 Å². The number of benzene rings is 2. The van der Waals surface area contributed by atoms with Crippen LogP contribution in [0, 0.1) is 11.8 Å². The van der Waals surface area contributed by atoms with Crippen LogP contribution in [0.1, 0.15) is 38.3 Å². The minimum absolute atomic E-state index is 0.244. The van der Waals surface area contributed by atoms with Crippen LogP contribution < -0.4 is 15.5 Å². The molecule has 8 heteroatoms. The van der Waals surface area contributed by atoms with Gasteiger partial charge in [-0.1, -0.05) is 48.0 Å². The van der Waals surface area contributed by atoms with Crippen molar-refractivity contribution in [2.24, 2.45) is 11.8 Å². The highest BCUT2D eigenvalue weighted by molar-refractivity contribution is 6.33. The van der Waals surface area contributed by atoms with Gasteiger partial charge in [0.1, 0.15) is 11.4 Å². The van der Waals surface area contributed by atoms with Gasteiger partial charge >= 0.3 is 0 Å². The molecule has 33 heavy (non-hydrogen) atoms. The van der Waals surface area contributed by atoms with Crippen LogP contribution in [0.15, 0.2) is 54.7 Å². The lowest BCUT2D eigenvalue weighted by Gasteiger charge is -2.20. The minimum Gasteiger partial charge on any atom is -0.365 e. The molecule has 5 rings (SSSR count). The van der Waals surface area contributed by atoms with E-state index in [2.05, 4.69) is 20.5 Å². The van der Waals surface area contributed by atoms with Crippen LogP contribution in [0.25, 0.3) is 0 Å². The molecule has 0 spiro atoms. The first-order valence-electron chi connectivity index (χ1n) is 11.0. The Bertz CT molecular complexity index is 1180. The number of aldehydes is 1. The zero-order valence-electron chi connectivity index (χ0n) is 18.0. The smallest absolute Gasteiger partial charge is 0.256 e. The molecule has 1 amide bonds. The minimum atomic E-state index is -0.244. The number of anilines is 2. The number of rotatable bonds is 8. The normalized spacial score (nSPS) is 18.5. The van der Waals surface area contributed by atoms with Gasteiger partial charge in [0.05, 0.1) is 5.02 Å². The van der Waals surface area contributed by atoms with Gasteiger partial charge in [-0.2, -0.15) is 4.98 Å². The van der Waals surface area contributed by atoms with Gasteiger partial charge in [0.25, 0.3) is 5.91 Å². The number of halogens is 1. The lowest BCUT2D eigenvalue weighted by Crippen LogP contribution is -2.27. The SMILES string of the molecule is O=Cc1ccc(CNc2nc(N3CC4CC4C3)ncc2C(=O)NCc2ccccc2)cc1Cl. The third-order valence-electron chi connectivity index (χ3n) is 6.23. The molecule has 1 saturated carbocycles. The maximum Gasteiger partial charge on any atom is 0.256 e. The number of hydrogen-bond donors (Lipinski definition) is 2. The Labute approximate surface area is 197 Å². The number of aromatic nitrogens is 2. The molecule has 168 valence electrons. The van der Waals surface area contributed by atoms with Crippen LogP contribution in [-0.4, -0.2) is 35.3 Å². The third-order valence-corrected chi connectivity index (χ3v) is 6.56. The van der Waals surface area contributed by atoms with Crippen molar-refractivity contribution in [3.05, 3.63) is 82.0 Å². The van der Waals surface area contributed by atoms with E-state index in [0.717, 1.165) is 42.3 Å². The average Bonchev–Trinajstić information content (AvgIpc) is 3.46. The van der Waals surface area contributed by atoms with Crippen molar-refractivity contribution in [1.82, 2.24) is 15.3 Å². The molecule has 2 aromatic carbocycles. The van der Waals surface area contributed by atoms with E-state index in [1.807, 2.05) is 36.4 Å². The van der Waals surface area contributed by atoms with Gasteiger partial charge in [-0.25, -0.2) is 4.98 Å². The van der Waals surface area contributed by atoms with Gasteiger partial charge < -0.3 is 15.5 Å². The van der Waals surface area contributed by atoms with Crippen molar-refractivity contribution in [2.75, 3.05) is 23.3 Å². The highest BCUT2D eigenvalue weighted by Crippen LogP contribution is 2.45. The number of nitrogens with one attached hydrogen (secondary N) is 2. The predicted molar refractivity (Wildman–Crippen MR) is 128 cm³/mol. The second-order valence-electron chi connectivity index (χ2n) is 8.59. The Morgan fingerprint density at radius 3 is 2.61 bits per heavy atom. The number of fused-ring (bicyclic) bond motifs is 1. The summed E-state index contributed by atoms with van der Waals surface area (Å²) in [4.78, 5) is 35.4. The molecule has 7 nitrogen and oxygen atoms in total. The van der Waals surface area contributed by atoms with Crippen molar-refractivity contribution >= 4 is 35.6 Å². The van der Waals surface area contributed by atoms with Gasteiger partial charge in [-0.15, -0.1) is 0 Å². The molecule has 1 saturated heterocycles. The Morgan fingerprint density at radius 2 is 1.88 bits per heavy atom. The zero-order valence-corrected chi connectivity index (χ0v) is 18.8. The van der Waals surface area contributed by atoms with Crippen LogP contribution in [0.2, 0.25) is 5.02 Å². The van der Waals surface area contributed by atoms with E-state index in [9.17, 15) is 9.59 Å². The molecule has 0 radical (unpaired) electrons. The fraction of sp³-hybridized carbons (Fsp3) is 0.280. The molecule has 1 aliphatic carbocycles. The number of carbonyl (C=O) groups excluding carboxylic acids is 2. The van der Waals surface area contributed by atoms with E-state index < -0.39 is 0 Å². The third kappa shape index (κ3) is 4.83. The lowest BCUT2D eigenvalue weighted by atomic mass is 10.1. The number of nitrogens with zero attached hydrogens (tertiary/aromatic N) is 3. The van der Waals surface area contributed by atoms with Gasteiger partial charge in [0.15, 0.2) is 6.29 Å². The van der Waals surface area contributed by atoms with Crippen molar-refractivity contribution in [3.8, 4) is 0 Å². The topological polar surface area (TPSA) is 87.2 Å². The summed E-state index contributed by atoms with van der Waals surface area (Å²) in [7, 11) is 0. The van der Waals surface area contributed by atoms with E-state index in [-0.39, 0.29) is 5.91 Å². The summed E-state index contributed by atoms with van der Waals surface area (Å²) < 4.78 is 0. The van der Waals surface area contributed by atoms with Crippen LogP contribution in [0.3, 0.4) is 0 Å². The monoisotopic (exact) mass is 461 g/mol. The van der Waals surface area contributed by atoms with Crippen molar-refractivity contribution in [1.29, 1.82) is 0 Å². The summed E-state index contributed by atoms with van der Waals surface area (Å²) in [5, 5.41) is 6.62. The van der Waals surface area contributed by atoms with Crippen molar-refractivity contribution < 1.29 is 9.59 Å². The molecule has 2 heterocycles. The first kappa shape index (κ1) is 21.4. The number of carbonyl (C=O) groups is 2. The second-order valence-corrected chi connectivity index (χ2v) is 9.00. The lowest BCUT2D eigenvalue weighted by molar-refractivity contribution is 0.0950. The number of amides is 1. The summed E-state index contributed by atoms with van der Waals surface area (Å²) >= 11 is 6.17. The molecule has 3 aromatic rings. The first-order chi connectivity index (χ1) is 16.1. The largest absolute Gasteiger partial charge is 0.365 e. The van der Waals surface area contributed by atoms with E-state index >= 15 is 0 Å². The fourth-order valence-electron chi connectivity index (χ4n) is 4.22. The van der Waals surface area contributed by atoms with Crippen molar-refractivity contribution in [2.45, 2.75) is 19.5 Å². The molecule has 0 bridgehead atoms. The van der Waals surface area contributed by atoms with Crippen LogP contribution >= 0.6 is 11.6 Å². The number of hydrogen-bond acceptors (Lipinski definition) is 6. The Balaban J connectivity index is 1.35. The van der Waals surface area contributed by atoms with Gasteiger partial charge in [0.2, 0.25) is 5.95 Å².